The van der Waals surface area contributed by atoms with Gasteiger partial charge in [0.05, 0.1) is 24.5 Å². The van der Waals surface area contributed by atoms with E-state index in [9.17, 15) is 14.7 Å². The Morgan fingerprint density at radius 1 is 1.10 bits per heavy atom. The van der Waals surface area contributed by atoms with E-state index in [1.807, 2.05) is 26.0 Å². The molecule has 1 heterocycles. The average Bonchev–Trinajstić information content (AvgIpc) is 3.27. The van der Waals surface area contributed by atoms with Crippen molar-refractivity contribution in [3.8, 4) is 0 Å². The van der Waals surface area contributed by atoms with Crippen LogP contribution in [0.5, 0.6) is 0 Å². The first kappa shape index (κ1) is 20.0. The van der Waals surface area contributed by atoms with Gasteiger partial charge < -0.3 is 9.52 Å². The van der Waals surface area contributed by atoms with E-state index in [2.05, 4.69) is 26.8 Å². The van der Waals surface area contributed by atoms with Gasteiger partial charge in [-0.15, -0.1) is 0 Å². The van der Waals surface area contributed by atoms with Gasteiger partial charge in [-0.2, -0.15) is 0 Å². The Balaban J connectivity index is 1.64. The predicted molar refractivity (Wildman–Crippen MR) is 114 cm³/mol. The Hall–Kier alpha value is -1.94. The van der Waals surface area contributed by atoms with Gasteiger partial charge in [-0.05, 0) is 54.7 Å². The summed E-state index contributed by atoms with van der Waals surface area (Å²) in [6.07, 6.45) is 10.8. The van der Waals surface area contributed by atoms with Crippen LogP contribution in [0.1, 0.15) is 65.4 Å². The standard InChI is InChI=1S/C26H32O4/c1-23(2)18-13-21(29)26(5)17(24(18,3)10-7-20(23)28)6-9-25(4)19(26)12-16(27)22(25)15-8-11-30-14-15/h7-8,10-12,14,17-18,21-22,29H,6,9,13H2,1-5H3/t17-,18+,21-,22+,24-,25-,26-/m1/s1. The molecule has 160 valence electrons. The second-order valence-electron chi connectivity index (χ2n) is 11.3. The summed E-state index contributed by atoms with van der Waals surface area (Å²) in [5, 5.41) is 11.6. The van der Waals surface area contributed by atoms with Gasteiger partial charge in [0.2, 0.25) is 0 Å². The molecule has 2 fully saturated rings. The van der Waals surface area contributed by atoms with Gasteiger partial charge in [-0.25, -0.2) is 0 Å². The highest BCUT2D eigenvalue weighted by Crippen LogP contribution is 2.72. The number of ketones is 2. The Morgan fingerprint density at radius 3 is 2.50 bits per heavy atom. The summed E-state index contributed by atoms with van der Waals surface area (Å²) < 4.78 is 5.31. The minimum absolute atomic E-state index is 0.0855. The molecule has 4 heteroatoms. The third-order valence-electron chi connectivity index (χ3n) is 9.71. The fourth-order valence-corrected chi connectivity index (χ4v) is 8.09. The van der Waals surface area contributed by atoms with Crippen molar-refractivity contribution in [2.75, 3.05) is 0 Å². The lowest BCUT2D eigenvalue weighted by molar-refractivity contribution is -0.163. The van der Waals surface area contributed by atoms with Gasteiger partial charge in [0, 0.05) is 21.8 Å². The van der Waals surface area contributed by atoms with Gasteiger partial charge >= 0.3 is 0 Å². The molecule has 0 bridgehead atoms. The molecule has 0 aliphatic heterocycles. The Morgan fingerprint density at radius 2 is 1.83 bits per heavy atom. The van der Waals surface area contributed by atoms with E-state index >= 15 is 0 Å². The molecule has 5 rings (SSSR count). The van der Waals surface area contributed by atoms with Crippen molar-refractivity contribution >= 4 is 11.6 Å². The predicted octanol–water partition coefficient (Wildman–Crippen LogP) is 4.85. The molecule has 7 atom stereocenters. The summed E-state index contributed by atoms with van der Waals surface area (Å²) in [4.78, 5) is 25.9. The number of fused-ring (bicyclic) bond motifs is 5. The first-order chi connectivity index (χ1) is 14.0. The van der Waals surface area contributed by atoms with Crippen molar-refractivity contribution in [2.45, 2.75) is 65.9 Å². The van der Waals surface area contributed by atoms with Crippen LogP contribution in [0.15, 0.2) is 46.8 Å². The topological polar surface area (TPSA) is 67.5 Å². The number of furan rings is 1. The van der Waals surface area contributed by atoms with Crippen LogP contribution in [-0.2, 0) is 9.59 Å². The third kappa shape index (κ3) is 2.16. The summed E-state index contributed by atoms with van der Waals surface area (Å²) in [5.74, 6) is 0.281. The Bertz CT molecular complexity index is 983. The minimum Gasteiger partial charge on any atom is -0.472 e. The fraction of sp³-hybridized carbons (Fsp3) is 0.615. The number of carbonyl (C=O) groups excluding carboxylic acids is 2. The summed E-state index contributed by atoms with van der Waals surface area (Å²) >= 11 is 0. The summed E-state index contributed by atoms with van der Waals surface area (Å²) in [5.41, 5.74) is 0.524. The normalized spacial score (nSPS) is 46.8. The summed E-state index contributed by atoms with van der Waals surface area (Å²) in [6.45, 7) is 10.7. The van der Waals surface area contributed by atoms with Gasteiger partial charge in [-0.1, -0.05) is 46.3 Å². The van der Waals surface area contributed by atoms with E-state index in [-0.39, 0.29) is 40.2 Å². The minimum atomic E-state index is -0.582. The Labute approximate surface area is 178 Å². The van der Waals surface area contributed by atoms with Gasteiger partial charge in [0.1, 0.15) is 0 Å². The number of hydrogen-bond donors (Lipinski definition) is 1. The fourth-order valence-electron chi connectivity index (χ4n) is 8.09. The molecular formula is C26H32O4. The second-order valence-corrected chi connectivity index (χ2v) is 11.3. The SMILES string of the molecule is CC1(C)C(=O)C=C[C@]2(C)[C@H]3CC[C@]4(C)C(=CC(=O)[C@@H]4c4ccoc4)[C@]3(C)[C@H](O)C[C@@H]12. The van der Waals surface area contributed by atoms with Crippen LogP contribution >= 0.6 is 0 Å². The van der Waals surface area contributed by atoms with E-state index in [0.29, 0.717) is 6.42 Å². The highest BCUT2D eigenvalue weighted by atomic mass is 16.3. The molecular weight excluding hydrogens is 376 g/mol. The van der Waals surface area contributed by atoms with E-state index in [1.165, 1.54) is 0 Å². The maximum atomic E-state index is 13.2. The highest BCUT2D eigenvalue weighted by Gasteiger charge is 2.68. The summed E-state index contributed by atoms with van der Waals surface area (Å²) in [6, 6.07) is 1.89. The maximum Gasteiger partial charge on any atom is 0.164 e. The van der Waals surface area contributed by atoms with Crippen molar-refractivity contribution in [3.05, 3.63) is 48.0 Å². The quantitative estimate of drug-likeness (QED) is 0.721. The molecule has 4 aliphatic carbocycles. The lowest BCUT2D eigenvalue weighted by Crippen LogP contribution is -2.63. The van der Waals surface area contributed by atoms with Crippen molar-refractivity contribution < 1.29 is 19.1 Å². The molecule has 0 radical (unpaired) electrons. The first-order valence-corrected chi connectivity index (χ1v) is 11.2. The van der Waals surface area contributed by atoms with E-state index in [0.717, 1.165) is 24.0 Å². The number of allylic oxidation sites excluding steroid dienone is 3. The average molecular weight is 409 g/mol. The smallest absolute Gasteiger partial charge is 0.164 e. The van der Waals surface area contributed by atoms with Crippen molar-refractivity contribution in [1.82, 2.24) is 0 Å². The third-order valence-corrected chi connectivity index (χ3v) is 9.71. The maximum absolute atomic E-state index is 13.2. The molecule has 4 aliphatic rings. The van der Waals surface area contributed by atoms with E-state index in [1.54, 1.807) is 18.6 Å². The molecule has 0 aromatic carbocycles. The molecule has 1 aromatic rings. The van der Waals surface area contributed by atoms with Gasteiger partial charge in [0.15, 0.2) is 11.6 Å². The molecule has 0 unspecified atom stereocenters. The highest BCUT2D eigenvalue weighted by molar-refractivity contribution is 6.01. The largest absolute Gasteiger partial charge is 0.472 e. The number of hydrogen-bond acceptors (Lipinski definition) is 4. The van der Waals surface area contributed by atoms with Gasteiger partial charge in [-0.3, -0.25) is 9.59 Å². The van der Waals surface area contributed by atoms with E-state index in [4.69, 9.17) is 4.42 Å². The van der Waals surface area contributed by atoms with Crippen LogP contribution in [0.3, 0.4) is 0 Å². The molecule has 1 aromatic heterocycles. The van der Waals surface area contributed by atoms with Crippen LogP contribution in [0.25, 0.3) is 0 Å². The molecule has 30 heavy (non-hydrogen) atoms. The molecule has 0 amide bonds. The number of carbonyl (C=O) groups is 2. The lowest BCUT2D eigenvalue weighted by Gasteiger charge is -2.65. The number of aliphatic hydroxyl groups is 1. The van der Waals surface area contributed by atoms with Crippen molar-refractivity contribution in [3.63, 3.8) is 0 Å². The zero-order valence-corrected chi connectivity index (χ0v) is 18.6. The molecule has 1 N–H and O–H groups in total. The Kier molecular flexibility index (Phi) is 3.90. The molecule has 2 saturated carbocycles. The van der Waals surface area contributed by atoms with Crippen LogP contribution in [0.4, 0.5) is 0 Å². The zero-order valence-electron chi connectivity index (χ0n) is 18.6. The van der Waals surface area contributed by atoms with Crippen LogP contribution in [-0.4, -0.2) is 22.8 Å². The van der Waals surface area contributed by atoms with Crippen molar-refractivity contribution in [2.24, 2.45) is 33.5 Å². The second kappa shape index (κ2) is 5.85. The monoisotopic (exact) mass is 408 g/mol. The number of aliphatic hydroxyl groups excluding tert-OH is 1. The van der Waals surface area contributed by atoms with Crippen LogP contribution in [0, 0.1) is 33.5 Å². The first-order valence-electron chi connectivity index (χ1n) is 11.2. The molecule has 0 saturated heterocycles. The molecule has 0 spiro atoms. The molecule has 4 nitrogen and oxygen atoms in total. The lowest BCUT2D eigenvalue weighted by atomic mass is 9.38. The summed E-state index contributed by atoms with van der Waals surface area (Å²) in [7, 11) is 0. The zero-order chi connectivity index (χ0) is 21.7. The van der Waals surface area contributed by atoms with Gasteiger partial charge in [0.25, 0.3) is 0 Å². The van der Waals surface area contributed by atoms with E-state index < -0.39 is 16.9 Å². The van der Waals surface area contributed by atoms with Crippen LogP contribution < -0.4 is 0 Å². The van der Waals surface area contributed by atoms with Crippen molar-refractivity contribution in [1.29, 1.82) is 0 Å². The number of rotatable bonds is 1. The van der Waals surface area contributed by atoms with Crippen LogP contribution in [0.2, 0.25) is 0 Å².